The van der Waals surface area contributed by atoms with Gasteiger partial charge in [0.1, 0.15) is 12.4 Å². The van der Waals surface area contributed by atoms with Crippen molar-refractivity contribution in [1.82, 2.24) is 9.78 Å². The lowest BCUT2D eigenvalue weighted by molar-refractivity contribution is -0.384. The van der Waals surface area contributed by atoms with Crippen LogP contribution < -0.4 is 4.74 Å². The number of halogens is 2. The first-order valence-corrected chi connectivity index (χ1v) is 6.40. The summed E-state index contributed by atoms with van der Waals surface area (Å²) >= 11 is 12.0. The number of rotatable bonds is 4. The molecule has 0 aliphatic rings. The molecule has 0 atom stereocenters. The van der Waals surface area contributed by atoms with Gasteiger partial charge in [0.2, 0.25) is 0 Å². The summed E-state index contributed by atoms with van der Waals surface area (Å²) in [4.78, 5) is 10.2. The molecule has 106 valence electrons. The van der Waals surface area contributed by atoms with Crippen LogP contribution in [0.1, 0.15) is 11.4 Å². The molecule has 0 bridgehead atoms. The number of benzene rings is 1. The van der Waals surface area contributed by atoms with E-state index in [1.54, 1.807) is 18.7 Å². The lowest BCUT2D eigenvalue weighted by Gasteiger charge is -2.08. The van der Waals surface area contributed by atoms with Gasteiger partial charge in [0.25, 0.3) is 5.69 Å². The summed E-state index contributed by atoms with van der Waals surface area (Å²) in [5.74, 6) is 0.232. The quantitative estimate of drug-likeness (QED) is 0.639. The zero-order chi connectivity index (χ0) is 14.9. The van der Waals surface area contributed by atoms with Crippen molar-refractivity contribution < 1.29 is 9.66 Å². The maximum absolute atomic E-state index is 10.7. The van der Waals surface area contributed by atoms with Crippen LogP contribution in [0.5, 0.6) is 5.75 Å². The summed E-state index contributed by atoms with van der Waals surface area (Å²) in [6.45, 7) is 1.91. The molecule has 0 unspecified atom stereocenters. The minimum absolute atomic E-state index is 0.0864. The first kappa shape index (κ1) is 14.6. The molecular formula is C12H11Cl2N3O3. The number of aromatic nitrogens is 2. The summed E-state index contributed by atoms with van der Waals surface area (Å²) in [6.07, 6.45) is 0. The van der Waals surface area contributed by atoms with Gasteiger partial charge in [0, 0.05) is 13.1 Å². The van der Waals surface area contributed by atoms with Crippen LogP contribution in [0, 0.1) is 17.0 Å². The molecule has 8 heteroatoms. The van der Waals surface area contributed by atoms with Gasteiger partial charge in [-0.05, 0) is 13.0 Å². The largest absolute Gasteiger partial charge is 0.485 e. The van der Waals surface area contributed by atoms with Gasteiger partial charge in [-0.3, -0.25) is 14.8 Å². The molecule has 6 nitrogen and oxygen atoms in total. The molecule has 0 saturated carbocycles. The summed E-state index contributed by atoms with van der Waals surface area (Å²) in [5, 5.41) is 15.7. The van der Waals surface area contributed by atoms with E-state index in [2.05, 4.69) is 5.10 Å². The van der Waals surface area contributed by atoms with E-state index in [1.807, 2.05) is 0 Å². The van der Waals surface area contributed by atoms with Crippen LogP contribution in [0.3, 0.4) is 0 Å². The fraction of sp³-hybridized carbons (Fsp3) is 0.250. The van der Waals surface area contributed by atoms with Gasteiger partial charge in [-0.25, -0.2) is 0 Å². The molecular weight excluding hydrogens is 305 g/mol. The Kier molecular flexibility index (Phi) is 4.15. The van der Waals surface area contributed by atoms with E-state index in [4.69, 9.17) is 27.9 Å². The maximum atomic E-state index is 10.7. The van der Waals surface area contributed by atoms with Crippen LogP contribution in [0.4, 0.5) is 5.69 Å². The van der Waals surface area contributed by atoms with Crippen LogP contribution in [-0.4, -0.2) is 14.7 Å². The van der Waals surface area contributed by atoms with Crippen LogP contribution in [0.15, 0.2) is 18.2 Å². The number of hydrogen-bond acceptors (Lipinski definition) is 4. The van der Waals surface area contributed by atoms with Gasteiger partial charge >= 0.3 is 0 Å². The van der Waals surface area contributed by atoms with Gasteiger partial charge in [-0.2, -0.15) is 5.10 Å². The minimum atomic E-state index is -0.510. The lowest BCUT2D eigenvalue weighted by atomic mass is 10.3. The predicted octanol–water partition coefficient (Wildman–Crippen LogP) is 3.52. The van der Waals surface area contributed by atoms with Gasteiger partial charge < -0.3 is 4.74 Å². The van der Waals surface area contributed by atoms with E-state index in [0.717, 1.165) is 0 Å². The van der Waals surface area contributed by atoms with Gasteiger partial charge in [0.15, 0.2) is 0 Å². The van der Waals surface area contributed by atoms with E-state index < -0.39 is 4.92 Å². The van der Waals surface area contributed by atoms with Crippen LogP contribution >= 0.6 is 23.2 Å². The van der Waals surface area contributed by atoms with Crippen molar-refractivity contribution in [3.8, 4) is 5.75 Å². The average molecular weight is 316 g/mol. The molecule has 0 spiro atoms. The van der Waals surface area contributed by atoms with Crippen molar-refractivity contribution in [3.05, 3.63) is 49.7 Å². The molecule has 20 heavy (non-hydrogen) atoms. The second kappa shape index (κ2) is 5.68. The smallest absolute Gasteiger partial charge is 0.273 e. The third-order valence-electron chi connectivity index (χ3n) is 2.75. The second-order valence-corrected chi connectivity index (χ2v) is 4.92. The highest BCUT2D eigenvalue weighted by Crippen LogP contribution is 2.30. The Bertz CT molecular complexity index is 670. The Morgan fingerprint density at radius 2 is 2.15 bits per heavy atom. The topological polar surface area (TPSA) is 70.2 Å². The summed E-state index contributed by atoms with van der Waals surface area (Å²) < 4.78 is 7.11. The van der Waals surface area contributed by atoms with E-state index in [0.29, 0.717) is 21.4 Å². The number of hydrogen-bond donors (Lipinski definition) is 0. The average Bonchev–Trinajstić information content (AvgIpc) is 2.63. The predicted molar refractivity (Wildman–Crippen MR) is 75.4 cm³/mol. The fourth-order valence-corrected chi connectivity index (χ4v) is 2.09. The van der Waals surface area contributed by atoms with Crippen molar-refractivity contribution in [3.63, 3.8) is 0 Å². The van der Waals surface area contributed by atoms with Crippen molar-refractivity contribution >= 4 is 28.9 Å². The number of nitro groups is 1. The third kappa shape index (κ3) is 2.86. The molecule has 0 aliphatic heterocycles. The zero-order valence-electron chi connectivity index (χ0n) is 10.8. The highest BCUT2D eigenvalue weighted by atomic mass is 35.5. The van der Waals surface area contributed by atoms with Gasteiger partial charge in [0.05, 0.1) is 32.4 Å². The van der Waals surface area contributed by atoms with Gasteiger partial charge in [-0.1, -0.05) is 23.2 Å². The molecule has 0 fully saturated rings. The molecule has 2 aromatic rings. The Balaban J connectivity index is 2.22. The highest BCUT2D eigenvalue weighted by Gasteiger charge is 2.14. The SMILES string of the molecule is Cc1nn(C)c(COc2cc([N+](=O)[O-])ccc2Cl)c1Cl. The third-order valence-corrected chi connectivity index (χ3v) is 3.56. The van der Waals surface area contributed by atoms with Crippen LogP contribution in [0.2, 0.25) is 10.0 Å². The number of non-ortho nitro benzene ring substituents is 1. The number of ether oxygens (including phenoxy) is 1. The lowest BCUT2D eigenvalue weighted by Crippen LogP contribution is -2.04. The summed E-state index contributed by atoms with van der Waals surface area (Å²) in [7, 11) is 1.74. The molecule has 0 aliphatic carbocycles. The second-order valence-electron chi connectivity index (χ2n) is 4.13. The first-order valence-electron chi connectivity index (χ1n) is 5.65. The number of nitrogens with zero attached hydrogens (tertiary/aromatic N) is 3. The molecule has 0 saturated heterocycles. The monoisotopic (exact) mass is 315 g/mol. The Labute approximate surface area is 125 Å². The molecule has 1 aromatic carbocycles. The Morgan fingerprint density at radius 1 is 1.45 bits per heavy atom. The first-order chi connectivity index (χ1) is 9.40. The van der Waals surface area contributed by atoms with Crippen LogP contribution in [-0.2, 0) is 13.7 Å². The summed E-state index contributed by atoms with van der Waals surface area (Å²) in [5.41, 5.74) is 1.28. The Hall–Kier alpha value is -1.79. The fourth-order valence-electron chi connectivity index (χ4n) is 1.70. The number of nitro benzene ring substituents is 1. The summed E-state index contributed by atoms with van der Waals surface area (Å²) in [6, 6.07) is 4.01. The highest BCUT2D eigenvalue weighted by molar-refractivity contribution is 6.32. The molecule has 0 amide bonds. The normalized spacial score (nSPS) is 10.6. The maximum Gasteiger partial charge on any atom is 0.273 e. The molecule has 1 aromatic heterocycles. The van der Waals surface area contributed by atoms with Crippen molar-refractivity contribution in [1.29, 1.82) is 0 Å². The Morgan fingerprint density at radius 3 is 2.70 bits per heavy atom. The van der Waals surface area contributed by atoms with Crippen molar-refractivity contribution in [2.45, 2.75) is 13.5 Å². The molecule has 2 rings (SSSR count). The molecule has 0 radical (unpaired) electrons. The zero-order valence-corrected chi connectivity index (χ0v) is 12.3. The van der Waals surface area contributed by atoms with Gasteiger partial charge in [-0.15, -0.1) is 0 Å². The van der Waals surface area contributed by atoms with Crippen molar-refractivity contribution in [2.24, 2.45) is 7.05 Å². The molecule has 0 N–H and O–H groups in total. The van der Waals surface area contributed by atoms with Crippen LogP contribution in [0.25, 0.3) is 0 Å². The van der Waals surface area contributed by atoms with E-state index >= 15 is 0 Å². The standard InChI is InChI=1S/C12H11Cl2N3O3/c1-7-12(14)10(16(2)15-7)6-20-11-5-8(17(18)19)3-4-9(11)13/h3-5H,6H2,1-2H3. The van der Waals surface area contributed by atoms with E-state index in [-0.39, 0.29) is 18.0 Å². The van der Waals surface area contributed by atoms with Crippen molar-refractivity contribution in [2.75, 3.05) is 0 Å². The number of aryl methyl sites for hydroxylation is 2. The minimum Gasteiger partial charge on any atom is -0.485 e. The van der Waals surface area contributed by atoms with E-state index in [9.17, 15) is 10.1 Å². The molecule has 1 heterocycles. The van der Waals surface area contributed by atoms with E-state index in [1.165, 1.54) is 18.2 Å².